The van der Waals surface area contributed by atoms with Gasteiger partial charge in [0, 0.05) is 18.4 Å². The lowest BCUT2D eigenvalue weighted by Gasteiger charge is -2.20. The molecule has 3 aromatic rings. The molecule has 0 aliphatic carbocycles. The Morgan fingerprint density at radius 3 is 2.43 bits per heavy atom. The van der Waals surface area contributed by atoms with Gasteiger partial charge in [-0.2, -0.15) is 5.10 Å². The van der Waals surface area contributed by atoms with E-state index in [-0.39, 0.29) is 5.56 Å². The number of rotatable bonds is 8. The number of carboxylic acid groups (broad SMARTS) is 1. The summed E-state index contributed by atoms with van der Waals surface area (Å²) < 4.78 is 0. The topological polar surface area (TPSA) is 77.0 Å². The molecular formula is C22H22N4O2. The monoisotopic (exact) mass is 374 g/mol. The molecule has 0 amide bonds. The van der Waals surface area contributed by atoms with E-state index in [1.54, 1.807) is 24.4 Å². The smallest absolute Gasteiger partial charge is 0.335 e. The summed E-state index contributed by atoms with van der Waals surface area (Å²) in [5, 5.41) is 16.6. The van der Waals surface area contributed by atoms with Gasteiger partial charge in [0.1, 0.15) is 0 Å². The van der Waals surface area contributed by atoms with Crippen molar-refractivity contribution < 1.29 is 9.90 Å². The van der Waals surface area contributed by atoms with Gasteiger partial charge in [-0.25, -0.2) is 4.79 Å². The summed E-state index contributed by atoms with van der Waals surface area (Å²) in [6.45, 7) is 0.693. The molecule has 6 heteroatoms. The van der Waals surface area contributed by atoms with E-state index in [9.17, 15) is 4.79 Å². The molecule has 0 fully saturated rings. The highest BCUT2D eigenvalue weighted by Crippen LogP contribution is 2.14. The number of nitrogens with zero attached hydrogens (tertiary/aromatic N) is 2. The fourth-order valence-electron chi connectivity index (χ4n) is 2.58. The Labute approximate surface area is 164 Å². The van der Waals surface area contributed by atoms with Crippen LogP contribution in [0.2, 0.25) is 0 Å². The van der Waals surface area contributed by atoms with Crippen molar-refractivity contribution in [2.24, 2.45) is 5.10 Å². The Balaban J connectivity index is 1.54. The number of anilines is 3. The Bertz CT molecular complexity index is 940. The van der Waals surface area contributed by atoms with Crippen molar-refractivity contribution in [1.82, 2.24) is 0 Å². The molecule has 3 rings (SSSR count). The standard InChI is InChI=1S/C22H22N4O2/c1-26(16-23-19-7-3-2-4-8-19)21-12-10-17(11-13-21)15-24-25-20-9-5-6-18(14-20)22(27)28/h2-15,23,25H,16H2,1H3,(H,27,28)/b24-15+. The van der Waals surface area contributed by atoms with Crippen molar-refractivity contribution in [3.05, 3.63) is 90.0 Å². The molecule has 6 nitrogen and oxygen atoms in total. The average molecular weight is 374 g/mol. The summed E-state index contributed by atoms with van der Waals surface area (Å²) >= 11 is 0. The highest BCUT2D eigenvalue weighted by molar-refractivity contribution is 5.89. The minimum absolute atomic E-state index is 0.219. The summed E-state index contributed by atoms with van der Waals surface area (Å²) in [7, 11) is 2.02. The molecule has 28 heavy (non-hydrogen) atoms. The quantitative estimate of drug-likeness (QED) is 0.311. The van der Waals surface area contributed by atoms with Gasteiger partial charge in [0.15, 0.2) is 0 Å². The van der Waals surface area contributed by atoms with E-state index in [1.807, 2.05) is 61.6 Å². The normalized spacial score (nSPS) is 10.6. The average Bonchev–Trinajstić information content (AvgIpc) is 2.73. The molecule has 0 aliphatic heterocycles. The first-order chi connectivity index (χ1) is 13.6. The van der Waals surface area contributed by atoms with Gasteiger partial charge in [-0.05, 0) is 48.0 Å². The molecule has 142 valence electrons. The molecule has 3 N–H and O–H groups in total. The predicted molar refractivity (Wildman–Crippen MR) is 114 cm³/mol. The molecule has 0 aromatic heterocycles. The van der Waals surface area contributed by atoms with Crippen LogP contribution in [0, 0.1) is 0 Å². The van der Waals surface area contributed by atoms with Gasteiger partial charge in [-0.1, -0.05) is 36.4 Å². The Morgan fingerprint density at radius 1 is 1.00 bits per heavy atom. The van der Waals surface area contributed by atoms with Gasteiger partial charge in [0.25, 0.3) is 0 Å². The minimum Gasteiger partial charge on any atom is -0.478 e. The number of carboxylic acids is 1. The van der Waals surface area contributed by atoms with Crippen LogP contribution in [-0.4, -0.2) is 31.0 Å². The van der Waals surface area contributed by atoms with E-state index in [0.29, 0.717) is 12.4 Å². The van der Waals surface area contributed by atoms with Crippen LogP contribution >= 0.6 is 0 Å². The Morgan fingerprint density at radius 2 is 1.71 bits per heavy atom. The molecule has 0 radical (unpaired) electrons. The molecule has 0 spiro atoms. The number of benzene rings is 3. The number of hydrogen-bond acceptors (Lipinski definition) is 5. The van der Waals surface area contributed by atoms with E-state index in [1.165, 1.54) is 6.07 Å². The largest absolute Gasteiger partial charge is 0.478 e. The highest BCUT2D eigenvalue weighted by atomic mass is 16.4. The van der Waals surface area contributed by atoms with Gasteiger partial charge >= 0.3 is 5.97 Å². The zero-order valence-corrected chi connectivity index (χ0v) is 15.5. The molecule has 0 atom stereocenters. The number of hydrazone groups is 1. The lowest BCUT2D eigenvalue weighted by Crippen LogP contribution is -2.24. The van der Waals surface area contributed by atoms with Crippen molar-refractivity contribution >= 4 is 29.2 Å². The van der Waals surface area contributed by atoms with Crippen LogP contribution in [0.25, 0.3) is 0 Å². The Hall–Kier alpha value is -3.80. The third-order valence-corrected chi connectivity index (χ3v) is 4.14. The van der Waals surface area contributed by atoms with E-state index >= 15 is 0 Å². The molecule has 0 aliphatic rings. The lowest BCUT2D eigenvalue weighted by molar-refractivity contribution is 0.0697. The number of aromatic carboxylic acids is 1. The lowest BCUT2D eigenvalue weighted by atomic mass is 10.2. The summed E-state index contributed by atoms with van der Waals surface area (Å²) in [4.78, 5) is 13.1. The van der Waals surface area contributed by atoms with E-state index in [2.05, 4.69) is 20.7 Å². The van der Waals surface area contributed by atoms with E-state index in [4.69, 9.17) is 5.11 Å². The molecule has 0 saturated carbocycles. The first-order valence-corrected chi connectivity index (χ1v) is 8.84. The fraction of sp³-hybridized carbons (Fsp3) is 0.0909. The number of para-hydroxylation sites is 1. The maximum atomic E-state index is 11.0. The zero-order chi connectivity index (χ0) is 19.8. The molecule has 0 heterocycles. The van der Waals surface area contributed by atoms with Crippen molar-refractivity contribution in [3.63, 3.8) is 0 Å². The van der Waals surface area contributed by atoms with Crippen LogP contribution in [0.3, 0.4) is 0 Å². The zero-order valence-electron chi connectivity index (χ0n) is 15.5. The molecule has 0 unspecified atom stereocenters. The van der Waals surface area contributed by atoms with Crippen LogP contribution in [0.5, 0.6) is 0 Å². The summed E-state index contributed by atoms with van der Waals surface area (Å²) in [5.41, 5.74) is 6.80. The number of hydrogen-bond donors (Lipinski definition) is 3. The maximum Gasteiger partial charge on any atom is 0.335 e. The van der Waals surface area contributed by atoms with Crippen LogP contribution < -0.4 is 15.6 Å². The van der Waals surface area contributed by atoms with Crippen molar-refractivity contribution in [3.8, 4) is 0 Å². The van der Waals surface area contributed by atoms with Gasteiger partial charge in [0.05, 0.1) is 24.1 Å². The first-order valence-electron chi connectivity index (χ1n) is 8.84. The van der Waals surface area contributed by atoms with Crippen LogP contribution in [0.15, 0.2) is 84.0 Å². The molecular weight excluding hydrogens is 352 g/mol. The molecule has 0 bridgehead atoms. The SMILES string of the molecule is CN(CNc1ccccc1)c1ccc(/C=N/Nc2cccc(C(=O)O)c2)cc1. The van der Waals surface area contributed by atoms with Crippen LogP contribution in [-0.2, 0) is 0 Å². The third-order valence-electron chi connectivity index (χ3n) is 4.14. The predicted octanol–water partition coefficient (Wildman–Crippen LogP) is 4.34. The first kappa shape index (κ1) is 19.0. The molecule has 0 saturated heterocycles. The van der Waals surface area contributed by atoms with Gasteiger partial charge in [-0.3, -0.25) is 5.43 Å². The minimum atomic E-state index is -0.964. The van der Waals surface area contributed by atoms with E-state index < -0.39 is 5.97 Å². The van der Waals surface area contributed by atoms with Gasteiger partial charge < -0.3 is 15.3 Å². The van der Waals surface area contributed by atoms with Crippen molar-refractivity contribution in [1.29, 1.82) is 0 Å². The second-order valence-corrected chi connectivity index (χ2v) is 6.25. The Kier molecular flexibility index (Phi) is 6.25. The van der Waals surface area contributed by atoms with Crippen molar-refractivity contribution in [2.45, 2.75) is 0 Å². The summed E-state index contributed by atoms with van der Waals surface area (Å²) in [5.74, 6) is -0.964. The highest BCUT2D eigenvalue weighted by Gasteiger charge is 2.02. The number of nitrogens with one attached hydrogen (secondary N) is 2. The van der Waals surface area contributed by atoms with Gasteiger partial charge in [-0.15, -0.1) is 0 Å². The van der Waals surface area contributed by atoms with E-state index in [0.717, 1.165) is 16.9 Å². The van der Waals surface area contributed by atoms with Gasteiger partial charge in [0.2, 0.25) is 0 Å². The molecule has 3 aromatic carbocycles. The third kappa shape index (κ3) is 5.35. The second-order valence-electron chi connectivity index (χ2n) is 6.25. The number of carbonyl (C=O) groups is 1. The summed E-state index contributed by atoms with van der Waals surface area (Å²) in [6.07, 6.45) is 1.69. The fourth-order valence-corrected chi connectivity index (χ4v) is 2.58. The second kappa shape index (κ2) is 9.23. The summed E-state index contributed by atoms with van der Waals surface area (Å²) in [6, 6.07) is 24.6. The van der Waals surface area contributed by atoms with Crippen LogP contribution in [0.4, 0.5) is 17.1 Å². The van der Waals surface area contributed by atoms with Crippen molar-refractivity contribution in [2.75, 3.05) is 29.4 Å². The van der Waals surface area contributed by atoms with Crippen LogP contribution in [0.1, 0.15) is 15.9 Å². The maximum absolute atomic E-state index is 11.0.